The smallest absolute Gasteiger partial charge is 0.270 e. The van der Waals surface area contributed by atoms with E-state index in [1.165, 1.54) is 42.6 Å². The second kappa shape index (κ2) is 5.88. The van der Waals surface area contributed by atoms with Crippen molar-refractivity contribution in [2.24, 2.45) is 0 Å². The molecule has 7 nitrogen and oxygen atoms in total. The van der Waals surface area contributed by atoms with Crippen molar-refractivity contribution in [1.82, 2.24) is 0 Å². The minimum Gasteiger partial charge on any atom is -0.618 e. The first-order valence-electron chi connectivity index (χ1n) is 6.97. The minimum absolute atomic E-state index is 0.228. The molecule has 2 aromatic carbocycles. The molecule has 0 fully saturated rings. The summed E-state index contributed by atoms with van der Waals surface area (Å²) in [6.45, 7) is 0. The first-order valence-corrected chi connectivity index (χ1v) is 6.97. The lowest BCUT2D eigenvalue weighted by atomic mass is 9.99. The summed E-state index contributed by atoms with van der Waals surface area (Å²) >= 11 is 0. The van der Waals surface area contributed by atoms with E-state index in [0.717, 1.165) is 0 Å². The molecule has 120 valence electrons. The lowest BCUT2D eigenvalue weighted by Crippen LogP contribution is -2.27. The first-order chi connectivity index (χ1) is 11.5. The zero-order chi connectivity index (χ0) is 17.3. The molecule has 0 spiro atoms. The number of non-ortho nitro benzene ring substituents is 1. The van der Waals surface area contributed by atoms with Crippen LogP contribution in [0, 0.1) is 15.3 Å². The third-order valence-corrected chi connectivity index (χ3v) is 3.57. The Balaban J connectivity index is 2.26. The number of rotatable bonds is 3. The van der Waals surface area contributed by atoms with Crippen molar-refractivity contribution >= 4 is 5.69 Å². The van der Waals surface area contributed by atoms with E-state index in [2.05, 4.69) is 0 Å². The second-order valence-electron chi connectivity index (χ2n) is 5.11. The van der Waals surface area contributed by atoms with E-state index >= 15 is 0 Å². The number of phenolic OH excluding ortho intramolecular Hbond substituents is 2. The lowest BCUT2D eigenvalue weighted by Gasteiger charge is -2.09. The Morgan fingerprint density at radius 2 is 1.71 bits per heavy atom. The normalized spacial score (nSPS) is 10.5. The molecule has 0 aliphatic rings. The number of hydrogen-bond donors (Lipinski definition) is 2. The minimum atomic E-state index is -0.578. The fourth-order valence-corrected chi connectivity index (χ4v) is 2.44. The van der Waals surface area contributed by atoms with E-state index in [1.807, 2.05) is 0 Å². The molecule has 3 aromatic rings. The molecule has 1 aromatic heterocycles. The van der Waals surface area contributed by atoms with E-state index in [1.54, 1.807) is 18.2 Å². The Bertz CT molecular complexity index is 940. The van der Waals surface area contributed by atoms with Crippen LogP contribution in [0.2, 0.25) is 0 Å². The summed E-state index contributed by atoms with van der Waals surface area (Å²) in [4.78, 5) is 10.6. The quantitative estimate of drug-likeness (QED) is 0.253. The molecule has 7 heteroatoms. The number of aromatic nitrogens is 1. The second-order valence-corrected chi connectivity index (χ2v) is 5.11. The van der Waals surface area contributed by atoms with Gasteiger partial charge in [0.15, 0.2) is 17.7 Å². The van der Waals surface area contributed by atoms with E-state index in [-0.39, 0.29) is 28.4 Å². The molecular formula is C17H12N2O5. The van der Waals surface area contributed by atoms with Gasteiger partial charge in [0.05, 0.1) is 10.5 Å². The predicted octanol–water partition coefficient (Wildman–Crippen LogP) is 2.97. The van der Waals surface area contributed by atoms with Gasteiger partial charge in [0, 0.05) is 29.8 Å². The molecule has 0 aliphatic heterocycles. The van der Waals surface area contributed by atoms with Gasteiger partial charge in [-0.15, -0.1) is 0 Å². The summed E-state index contributed by atoms with van der Waals surface area (Å²) in [6.07, 6.45) is 1.29. The highest BCUT2D eigenvalue weighted by Crippen LogP contribution is 2.38. The summed E-state index contributed by atoms with van der Waals surface area (Å²) in [5.74, 6) is -0.717. The maximum atomic E-state index is 11.9. The Morgan fingerprint density at radius 3 is 2.42 bits per heavy atom. The van der Waals surface area contributed by atoms with Gasteiger partial charge in [-0.05, 0) is 23.8 Å². The van der Waals surface area contributed by atoms with Gasteiger partial charge in [-0.25, -0.2) is 0 Å². The number of nitro benzene ring substituents is 1. The number of para-hydroxylation sites is 1. The maximum Gasteiger partial charge on any atom is 0.270 e. The third-order valence-electron chi connectivity index (χ3n) is 3.57. The van der Waals surface area contributed by atoms with Crippen LogP contribution < -0.4 is 4.73 Å². The van der Waals surface area contributed by atoms with Crippen molar-refractivity contribution in [3.05, 3.63) is 76.1 Å². The van der Waals surface area contributed by atoms with E-state index in [4.69, 9.17) is 0 Å². The number of nitrogens with zero attached hydrogens (tertiary/aromatic N) is 2. The van der Waals surface area contributed by atoms with Gasteiger partial charge in [-0.1, -0.05) is 12.1 Å². The molecule has 0 unspecified atom stereocenters. The number of hydrogen-bond acceptors (Lipinski definition) is 5. The molecule has 0 saturated heterocycles. The highest BCUT2D eigenvalue weighted by Gasteiger charge is 2.18. The maximum absolute atomic E-state index is 11.9. The van der Waals surface area contributed by atoms with E-state index < -0.39 is 4.92 Å². The molecule has 0 amide bonds. The van der Waals surface area contributed by atoms with Crippen molar-refractivity contribution in [2.45, 2.75) is 0 Å². The number of pyridine rings is 1. The number of benzene rings is 2. The van der Waals surface area contributed by atoms with Crippen LogP contribution in [0.1, 0.15) is 0 Å². The van der Waals surface area contributed by atoms with Gasteiger partial charge in [-0.3, -0.25) is 10.1 Å². The standard InChI is InChI=1S/C17H12N2O5/c20-16-6-3-4-14(17(16)21)11-8-12(10-13(9-11)19(23)24)15-5-1-2-7-18(15)22/h1-10,20-21H. The molecule has 0 saturated carbocycles. The van der Waals surface area contributed by atoms with Crippen molar-refractivity contribution in [3.8, 4) is 33.9 Å². The fourth-order valence-electron chi connectivity index (χ4n) is 2.44. The molecule has 0 radical (unpaired) electrons. The van der Waals surface area contributed by atoms with E-state index in [9.17, 15) is 25.5 Å². The van der Waals surface area contributed by atoms with Crippen LogP contribution in [0.25, 0.3) is 22.4 Å². The van der Waals surface area contributed by atoms with Crippen LogP contribution in [0.5, 0.6) is 11.5 Å². The Labute approximate surface area is 136 Å². The average Bonchev–Trinajstić information content (AvgIpc) is 2.57. The van der Waals surface area contributed by atoms with Gasteiger partial charge < -0.3 is 15.4 Å². The van der Waals surface area contributed by atoms with Gasteiger partial charge in [0.2, 0.25) is 5.69 Å². The Morgan fingerprint density at radius 1 is 0.958 bits per heavy atom. The van der Waals surface area contributed by atoms with Gasteiger partial charge in [-0.2, -0.15) is 4.73 Å². The fraction of sp³-hybridized carbons (Fsp3) is 0. The highest BCUT2D eigenvalue weighted by molar-refractivity contribution is 5.79. The van der Waals surface area contributed by atoms with Gasteiger partial charge in [0.25, 0.3) is 5.69 Å². The van der Waals surface area contributed by atoms with Crippen molar-refractivity contribution in [1.29, 1.82) is 0 Å². The van der Waals surface area contributed by atoms with E-state index in [0.29, 0.717) is 15.9 Å². The van der Waals surface area contributed by atoms with Crippen molar-refractivity contribution in [3.63, 3.8) is 0 Å². The van der Waals surface area contributed by atoms with Crippen molar-refractivity contribution in [2.75, 3.05) is 0 Å². The Kier molecular flexibility index (Phi) is 3.75. The monoisotopic (exact) mass is 324 g/mol. The highest BCUT2D eigenvalue weighted by atomic mass is 16.6. The van der Waals surface area contributed by atoms with Crippen LogP contribution in [-0.4, -0.2) is 15.1 Å². The zero-order valence-electron chi connectivity index (χ0n) is 12.3. The summed E-state index contributed by atoms with van der Waals surface area (Å²) in [7, 11) is 0. The first kappa shape index (κ1) is 15.3. The summed E-state index contributed by atoms with van der Waals surface area (Å²) < 4.78 is 0.602. The SMILES string of the molecule is O=[N+]([O-])c1cc(-c2cccc(O)c2O)cc(-c2cccc[n+]2[O-])c1. The topological polar surface area (TPSA) is 111 Å². The number of phenols is 2. The molecule has 3 rings (SSSR count). The lowest BCUT2D eigenvalue weighted by molar-refractivity contribution is -0.593. The largest absolute Gasteiger partial charge is 0.618 e. The van der Waals surface area contributed by atoms with Crippen molar-refractivity contribution < 1.29 is 19.9 Å². The number of aromatic hydroxyl groups is 2. The van der Waals surface area contributed by atoms with Gasteiger partial charge in [0.1, 0.15) is 0 Å². The molecule has 0 bridgehead atoms. The van der Waals surface area contributed by atoms with Crippen LogP contribution in [-0.2, 0) is 0 Å². The number of nitro groups is 1. The van der Waals surface area contributed by atoms with Gasteiger partial charge >= 0.3 is 0 Å². The Hall–Kier alpha value is -3.61. The zero-order valence-corrected chi connectivity index (χ0v) is 12.3. The van der Waals surface area contributed by atoms with Crippen LogP contribution in [0.3, 0.4) is 0 Å². The molecule has 24 heavy (non-hydrogen) atoms. The predicted molar refractivity (Wildman–Crippen MR) is 86.3 cm³/mol. The summed E-state index contributed by atoms with van der Waals surface area (Å²) in [6, 6.07) is 13.2. The average molecular weight is 324 g/mol. The third kappa shape index (κ3) is 2.70. The molecule has 0 atom stereocenters. The molecular weight excluding hydrogens is 312 g/mol. The molecule has 1 heterocycles. The van der Waals surface area contributed by atoms with Crippen LogP contribution in [0.15, 0.2) is 60.8 Å². The molecule has 0 aliphatic carbocycles. The summed E-state index contributed by atoms with van der Waals surface area (Å²) in [5.41, 5.74) is 0.888. The molecule has 2 N–H and O–H groups in total. The van der Waals surface area contributed by atoms with Crippen LogP contribution >= 0.6 is 0 Å². The summed E-state index contributed by atoms with van der Waals surface area (Å²) in [5, 5.41) is 42.8. The van der Waals surface area contributed by atoms with Crippen LogP contribution in [0.4, 0.5) is 5.69 Å².